The monoisotopic (exact) mass is 508 g/mol. The molecule has 1 unspecified atom stereocenters. The standard InChI is InChI=1S/C32H44O5/c1-4-6-7-8-9-10-11-12-13-14-15-16-25-35-28-19-17-27(18-20-28)32(34)37-30-23-21-29(22-24-30)36-31(33)26(3)5-2/h4,17-24,26H,1,5-16,25H2,2-3H3. The topological polar surface area (TPSA) is 61.8 Å². The average molecular weight is 509 g/mol. The number of carbonyl (C=O) groups is 2. The predicted octanol–water partition coefficient (Wildman–Crippen LogP) is 8.71. The molecule has 5 heteroatoms. The number of hydrogen-bond donors (Lipinski definition) is 0. The van der Waals surface area contributed by atoms with E-state index in [2.05, 4.69) is 6.58 Å². The molecule has 0 spiro atoms. The van der Waals surface area contributed by atoms with Crippen LogP contribution in [0.15, 0.2) is 61.2 Å². The van der Waals surface area contributed by atoms with Crippen LogP contribution in [0.4, 0.5) is 0 Å². The Morgan fingerprint density at radius 1 is 0.730 bits per heavy atom. The van der Waals surface area contributed by atoms with E-state index in [0.717, 1.165) is 25.0 Å². The number of rotatable bonds is 19. The van der Waals surface area contributed by atoms with Crippen LogP contribution in [0.5, 0.6) is 17.2 Å². The Kier molecular flexibility index (Phi) is 14.8. The zero-order chi connectivity index (χ0) is 26.7. The lowest BCUT2D eigenvalue weighted by Gasteiger charge is -2.10. The zero-order valence-corrected chi connectivity index (χ0v) is 22.7. The van der Waals surface area contributed by atoms with Crippen LogP contribution in [-0.2, 0) is 4.79 Å². The van der Waals surface area contributed by atoms with E-state index in [0.29, 0.717) is 23.7 Å². The normalized spacial score (nSPS) is 11.5. The lowest BCUT2D eigenvalue weighted by Crippen LogP contribution is -2.16. The van der Waals surface area contributed by atoms with E-state index in [1.54, 1.807) is 48.5 Å². The first-order valence-electron chi connectivity index (χ1n) is 13.9. The molecule has 2 aromatic rings. The third-order valence-corrected chi connectivity index (χ3v) is 6.43. The van der Waals surface area contributed by atoms with Gasteiger partial charge in [-0.3, -0.25) is 4.79 Å². The molecule has 37 heavy (non-hydrogen) atoms. The number of allylic oxidation sites excluding steroid dienone is 1. The third kappa shape index (κ3) is 12.6. The van der Waals surface area contributed by atoms with Gasteiger partial charge in [0, 0.05) is 0 Å². The van der Waals surface area contributed by atoms with E-state index in [4.69, 9.17) is 14.2 Å². The predicted molar refractivity (Wildman–Crippen MR) is 149 cm³/mol. The highest BCUT2D eigenvalue weighted by Crippen LogP contribution is 2.21. The summed E-state index contributed by atoms with van der Waals surface area (Å²) in [5.41, 5.74) is 0.445. The molecule has 0 aliphatic rings. The summed E-state index contributed by atoms with van der Waals surface area (Å²) in [5, 5.41) is 0. The molecule has 0 amide bonds. The number of carbonyl (C=O) groups excluding carboxylic acids is 2. The minimum atomic E-state index is -0.451. The van der Waals surface area contributed by atoms with Crippen molar-refractivity contribution < 1.29 is 23.8 Å². The quantitative estimate of drug-likeness (QED) is 0.0822. The smallest absolute Gasteiger partial charge is 0.343 e. The third-order valence-electron chi connectivity index (χ3n) is 6.43. The number of ether oxygens (including phenoxy) is 3. The van der Waals surface area contributed by atoms with E-state index >= 15 is 0 Å². The summed E-state index contributed by atoms with van der Waals surface area (Å²) in [4.78, 5) is 24.3. The Bertz CT molecular complexity index is 917. The van der Waals surface area contributed by atoms with Gasteiger partial charge in [-0.05, 0) is 74.2 Å². The van der Waals surface area contributed by atoms with Crippen molar-refractivity contribution in [2.24, 2.45) is 5.92 Å². The van der Waals surface area contributed by atoms with Crippen LogP contribution in [0.2, 0.25) is 0 Å². The SMILES string of the molecule is C=CCCCCCCCCCCCCOc1ccc(C(=O)Oc2ccc(OC(=O)C(C)CC)cc2)cc1. The lowest BCUT2D eigenvalue weighted by molar-refractivity contribution is -0.138. The molecular weight excluding hydrogens is 464 g/mol. The van der Waals surface area contributed by atoms with Gasteiger partial charge < -0.3 is 14.2 Å². The maximum atomic E-state index is 12.4. The summed E-state index contributed by atoms with van der Waals surface area (Å²) < 4.78 is 16.6. The molecule has 0 heterocycles. The van der Waals surface area contributed by atoms with E-state index in [9.17, 15) is 9.59 Å². The second-order valence-corrected chi connectivity index (χ2v) is 9.58. The minimum absolute atomic E-state index is 0.160. The molecular formula is C32H44O5. The van der Waals surface area contributed by atoms with Crippen molar-refractivity contribution in [1.82, 2.24) is 0 Å². The molecule has 0 aliphatic carbocycles. The van der Waals surface area contributed by atoms with Gasteiger partial charge in [0.25, 0.3) is 0 Å². The van der Waals surface area contributed by atoms with Crippen molar-refractivity contribution in [1.29, 1.82) is 0 Å². The second kappa shape index (κ2) is 18.2. The zero-order valence-electron chi connectivity index (χ0n) is 22.7. The van der Waals surface area contributed by atoms with Crippen molar-refractivity contribution in [2.45, 2.75) is 90.9 Å². The Morgan fingerprint density at radius 2 is 1.22 bits per heavy atom. The Morgan fingerprint density at radius 3 is 1.76 bits per heavy atom. The van der Waals surface area contributed by atoms with Gasteiger partial charge in [-0.2, -0.15) is 0 Å². The van der Waals surface area contributed by atoms with Crippen LogP contribution in [0, 0.1) is 5.92 Å². The average Bonchev–Trinajstić information content (AvgIpc) is 2.92. The fourth-order valence-corrected chi connectivity index (χ4v) is 3.81. The first-order valence-corrected chi connectivity index (χ1v) is 13.9. The van der Waals surface area contributed by atoms with E-state index < -0.39 is 5.97 Å². The van der Waals surface area contributed by atoms with Gasteiger partial charge >= 0.3 is 11.9 Å². The van der Waals surface area contributed by atoms with Gasteiger partial charge in [0.05, 0.1) is 18.1 Å². The van der Waals surface area contributed by atoms with Crippen LogP contribution < -0.4 is 14.2 Å². The summed E-state index contributed by atoms with van der Waals surface area (Å²) in [6.07, 6.45) is 16.6. The van der Waals surface area contributed by atoms with Gasteiger partial charge in [0.15, 0.2) is 0 Å². The molecule has 1 atom stereocenters. The number of benzene rings is 2. The maximum absolute atomic E-state index is 12.4. The molecule has 2 rings (SSSR count). The molecule has 202 valence electrons. The maximum Gasteiger partial charge on any atom is 0.343 e. The summed E-state index contributed by atoms with van der Waals surface area (Å²) in [7, 11) is 0. The first-order chi connectivity index (χ1) is 18.0. The molecule has 0 fully saturated rings. The number of unbranched alkanes of at least 4 members (excludes halogenated alkanes) is 10. The number of esters is 2. The molecule has 2 aromatic carbocycles. The molecule has 5 nitrogen and oxygen atoms in total. The van der Waals surface area contributed by atoms with Gasteiger partial charge in [0.1, 0.15) is 17.2 Å². The van der Waals surface area contributed by atoms with E-state index in [1.807, 2.05) is 19.9 Å². The van der Waals surface area contributed by atoms with Crippen LogP contribution in [-0.4, -0.2) is 18.5 Å². The van der Waals surface area contributed by atoms with Gasteiger partial charge in [0.2, 0.25) is 0 Å². The highest BCUT2D eigenvalue weighted by molar-refractivity contribution is 5.91. The Hall–Kier alpha value is -3.08. The molecule has 0 bridgehead atoms. The van der Waals surface area contributed by atoms with Crippen LogP contribution in [0.1, 0.15) is 101 Å². The molecule has 0 N–H and O–H groups in total. The van der Waals surface area contributed by atoms with Crippen LogP contribution in [0.25, 0.3) is 0 Å². The lowest BCUT2D eigenvalue weighted by atomic mass is 10.1. The van der Waals surface area contributed by atoms with Crippen LogP contribution in [0.3, 0.4) is 0 Å². The molecule has 0 aliphatic heterocycles. The van der Waals surface area contributed by atoms with Crippen molar-refractivity contribution in [3.8, 4) is 17.2 Å². The first kappa shape index (κ1) is 30.1. The Labute approximate surface area is 223 Å². The van der Waals surface area contributed by atoms with Crippen molar-refractivity contribution in [2.75, 3.05) is 6.61 Å². The highest BCUT2D eigenvalue weighted by atomic mass is 16.5. The van der Waals surface area contributed by atoms with Gasteiger partial charge in [-0.25, -0.2) is 4.79 Å². The van der Waals surface area contributed by atoms with Crippen molar-refractivity contribution >= 4 is 11.9 Å². The summed E-state index contributed by atoms with van der Waals surface area (Å²) in [5.74, 6) is 0.681. The molecule has 0 aromatic heterocycles. The van der Waals surface area contributed by atoms with Crippen molar-refractivity contribution in [3.05, 3.63) is 66.7 Å². The molecule has 0 saturated heterocycles. The summed E-state index contributed by atoms with van der Waals surface area (Å²) in [6, 6.07) is 13.5. The van der Waals surface area contributed by atoms with E-state index in [-0.39, 0.29) is 11.9 Å². The highest BCUT2D eigenvalue weighted by Gasteiger charge is 2.14. The van der Waals surface area contributed by atoms with Gasteiger partial charge in [-0.15, -0.1) is 6.58 Å². The molecule has 0 saturated carbocycles. The minimum Gasteiger partial charge on any atom is -0.494 e. The summed E-state index contributed by atoms with van der Waals surface area (Å²) >= 11 is 0. The number of hydrogen-bond acceptors (Lipinski definition) is 5. The van der Waals surface area contributed by atoms with Crippen LogP contribution >= 0.6 is 0 Å². The Balaban J connectivity index is 1.59. The summed E-state index contributed by atoms with van der Waals surface area (Å²) in [6.45, 7) is 8.21. The van der Waals surface area contributed by atoms with Crippen molar-refractivity contribution in [3.63, 3.8) is 0 Å². The fraction of sp³-hybridized carbons (Fsp3) is 0.500. The largest absolute Gasteiger partial charge is 0.494 e. The second-order valence-electron chi connectivity index (χ2n) is 9.58. The van der Waals surface area contributed by atoms with E-state index in [1.165, 1.54) is 57.8 Å². The van der Waals surface area contributed by atoms with Gasteiger partial charge in [-0.1, -0.05) is 71.3 Å². The fourth-order valence-electron chi connectivity index (χ4n) is 3.81. The molecule has 0 radical (unpaired) electrons.